The minimum absolute atomic E-state index is 0.136. The van der Waals surface area contributed by atoms with Crippen molar-refractivity contribution in [3.63, 3.8) is 0 Å². The van der Waals surface area contributed by atoms with E-state index in [-0.39, 0.29) is 17.1 Å². The normalized spacial score (nSPS) is 21.2. The molecule has 8 nitrogen and oxygen atoms in total. The van der Waals surface area contributed by atoms with Gasteiger partial charge < -0.3 is 9.88 Å². The van der Waals surface area contributed by atoms with Crippen LogP contribution < -0.4 is 10.0 Å². The van der Waals surface area contributed by atoms with Gasteiger partial charge in [0.2, 0.25) is 5.91 Å². The first kappa shape index (κ1) is 21.9. The first-order valence-corrected chi connectivity index (χ1v) is 11.9. The number of rotatable bonds is 4. The maximum absolute atomic E-state index is 13.4. The second-order valence-electron chi connectivity index (χ2n) is 7.15. The van der Waals surface area contributed by atoms with Gasteiger partial charge in [0.05, 0.1) is 34.2 Å². The van der Waals surface area contributed by atoms with Crippen molar-refractivity contribution < 1.29 is 17.6 Å². The number of likely N-dealkylation sites (N-methyl/N-ethyl adjacent to an activating group) is 1. The first-order chi connectivity index (χ1) is 14.7. The highest BCUT2D eigenvalue weighted by Gasteiger charge is 2.41. The van der Waals surface area contributed by atoms with Crippen LogP contribution >= 0.6 is 22.9 Å². The molecule has 31 heavy (non-hydrogen) atoms. The Morgan fingerprint density at radius 2 is 2.10 bits per heavy atom. The molecular formula is C19H19ClFN5O3S2. The lowest BCUT2D eigenvalue weighted by atomic mass is 10.1. The average Bonchev–Trinajstić information content (AvgIpc) is 3.35. The van der Waals surface area contributed by atoms with E-state index in [0.29, 0.717) is 0 Å². The zero-order valence-electron chi connectivity index (χ0n) is 16.5. The summed E-state index contributed by atoms with van der Waals surface area (Å²) >= 11 is 7.21. The lowest BCUT2D eigenvalue weighted by Crippen LogP contribution is -2.55. The van der Waals surface area contributed by atoms with Gasteiger partial charge in [-0.05, 0) is 36.8 Å². The molecule has 1 saturated heterocycles. The van der Waals surface area contributed by atoms with Crippen LogP contribution in [0.5, 0.6) is 0 Å². The summed E-state index contributed by atoms with van der Waals surface area (Å²) in [5.41, 5.74) is 1.20. The van der Waals surface area contributed by atoms with Crippen LogP contribution in [-0.2, 0) is 22.1 Å². The summed E-state index contributed by atoms with van der Waals surface area (Å²) in [6.45, 7) is 0. The molecule has 2 aromatic heterocycles. The molecule has 0 radical (unpaired) electrons. The molecule has 1 aliphatic rings. The van der Waals surface area contributed by atoms with Crippen molar-refractivity contribution in [3.8, 4) is 10.6 Å². The van der Waals surface area contributed by atoms with Crippen LogP contribution in [0.4, 0.5) is 10.1 Å². The lowest BCUT2D eigenvalue weighted by Gasteiger charge is -2.35. The molecule has 12 heteroatoms. The fourth-order valence-electron chi connectivity index (χ4n) is 3.37. The maximum atomic E-state index is 13.4. The number of hydrogen-bond donors (Lipinski definition) is 2. The van der Waals surface area contributed by atoms with E-state index < -0.39 is 34.0 Å². The number of imidazole rings is 1. The molecular weight excluding hydrogens is 465 g/mol. The number of anilines is 1. The molecule has 3 aromatic rings. The molecule has 0 aliphatic carbocycles. The number of aromatic nitrogens is 2. The Bertz CT molecular complexity index is 1240. The molecule has 2 N–H and O–H groups in total. The van der Waals surface area contributed by atoms with Gasteiger partial charge in [-0.15, -0.1) is 11.3 Å². The van der Waals surface area contributed by atoms with E-state index in [9.17, 15) is 17.6 Å². The smallest absolute Gasteiger partial charge is 0.280 e. The molecule has 1 fully saturated rings. The highest BCUT2D eigenvalue weighted by atomic mass is 35.5. The van der Waals surface area contributed by atoms with Gasteiger partial charge in [0.1, 0.15) is 11.9 Å². The molecule has 0 saturated carbocycles. The van der Waals surface area contributed by atoms with E-state index in [1.165, 1.54) is 30.5 Å². The lowest BCUT2D eigenvalue weighted by molar-refractivity contribution is -0.120. The van der Waals surface area contributed by atoms with Crippen molar-refractivity contribution in [1.82, 2.24) is 18.6 Å². The highest BCUT2D eigenvalue weighted by Crippen LogP contribution is 2.36. The second kappa shape index (κ2) is 8.32. The molecule has 164 valence electrons. The summed E-state index contributed by atoms with van der Waals surface area (Å²) in [5, 5.41) is 2.49. The zero-order valence-corrected chi connectivity index (χ0v) is 18.9. The predicted octanol–water partition coefficient (Wildman–Crippen LogP) is 3.16. The quantitative estimate of drug-likeness (QED) is 0.595. The number of hydrogen-bond acceptors (Lipinski definition) is 5. The fraction of sp³-hybridized carbons (Fsp3) is 0.263. The van der Waals surface area contributed by atoms with Crippen LogP contribution in [0.25, 0.3) is 10.6 Å². The maximum Gasteiger partial charge on any atom is 0.280 e. The van der Waals surface area contributed by atoms with Crippen molar-refractivity contribution in [1.29, 1.82) is 0 Å². The summed E-state index contributed by atoms with van der Waals surface area (Å²) in [5.74, 6) is -1.13. The van der Waals surface area contributed by atoms with E-state index in [0.717, 1.165) is 25.8 Å². The van der Waals surface area contributed by atoms with Gasteiger partial charge in [-0.2, -0.15) is 17.4 Å². The number of carbonyl (C=O) groups excluding carboxylic acids is 1. The number of thiophene rings is 1. The monoisotopic (exact) mass is 483 g/mol. The van der Waals surface area contributed by atoms with E-state index in [4.69, 9.17) is 11.6 Å². The molecule has 1 aliphatic heterocycles. The molecule has 4 rings (SSSR count). The van der Waals surface area contributed by atoms with E-state index in [1.807, 2.05) is 23.7 Å². The van der Waals surface area contributed by atoms with Gasteiger partial charge in [-0.25, -0.2) is 9.37 Å². The first-order valence-electron chi connectivity index (χ1n) is 9.23. The third-order valence-corrected chi connectivity index (χ3v) is 8.20. The van der Waals surface area contributed by atoms with Gasteiger partial charge in [0.25, 0.3) is 10.2 Å². The van der Waals surface area contributed by atoms with Gasteiger partial charge in [-0.3, -0.25) is 4.79 Å². The van der Waals surface area contributed by atoms with E-state index >= 15 is 0 Å². The standard InChI is InChI=1S/C19H19ClFN5O3S2/c1-25-10-22-9-16(25)18-6-5-17(30-18)14-8-15(26(2)31(28,29)24-14)19(27)23-11-3-4-13(21)12(20)7-11/h3-7,9-10,14-15,24H,8H2,1-2H3,(H,23,27). The summed E-state index contributed by atoms with van der Waals surface area (Å²) in [6.07, 6.45) is 3.65. The number of benzene rings is 1. The number of aryl methyl sites for hydroxylation is 1. The molecule has 2 unspecified atom stereocenters. The molecule has 1 aromatic carbocycles. The van der Waals surface area contributed by atoms with Crippen molar-refractivity contribution >= 4 is 44.7 Å². The Labute approximate surface area is 187 Å². The average molecular weight is 484 g/mol. The summed E-state index contributed by atoms with van der Waals surface area (Å²) in [4.78, 5) is 18.7. The Morgan fingerprint density at radius 1 is 1.32 bits per heavy atom. The summed E-state index contributed by atoms with van der Waals surface area (Å²) in [7, 11) is -0.667. The number of halogens is 2. The van der Waals surface area contributed by atoms with Crippen LogP contribution in [0.15, 0.2) is 42.9 Å². The third-order valence-electron chi connectivity index (χ3n) is 5.10. The van der Waals surface area contributed by atoms with Gasteiger partial charge in [0.15, 0.2) is 0 Å². The van der Waals surface area contributed by atoms with Crippen LogP contribution in [-0.4, -0.2) is 41.3 Å². The SMILES string of the molecule is CN1C(C(=O)Nc2ccc(F)c(Cl)c2)CC(c2ccc(-c3cncn3C)s2)NS1(=O)=O. The van der Waals surface area contributed by atoms with E-state index in [1.54, 1.807) is 12.5 Å². The van der Waals surface area contributed by atoms with Crippen LogP contribution in [0.3, 0.4) is 0 Å². The Balaban J connectivity index is 1.58. The third kappa shape index (κ3) is 4.37. The van der Waals surface area contributed by atoms with Crippen molar-refractivity contribution in [3.05, 3.63) is 58.6 Å². The van der Waals surface area contributed by atoms with Crippen molar-refractivity contribution in [2.24, 2.45) is 7.05 Å². The molecule has 2 atom stereocenters. The Kier molecular flexibility index (Phi) is 5.88. The fourth-order valence-corrected chi connectivity index (χ4v) is 6.01. The Hall–Kier alpha value is -2.31. The summed E-state index contributed by atoms with van der Waals surface area (Å²) in [6, 6.07) is 6.00. The number of amides is 1. The largest absolute Gasteiger partial charge is 0.333 e. The van der Waals surface area contributed by atoms with Crippen molar-refractivity contribution in [2.75, 3.05) is 12.4 Å². The highest BCUT2D eigenvalue weighted by molar-refractivity contribution is 7.87. The number of carbonyl (C=O) groups is 1. The summed E-state index contributed by atoms with van der Waals surface area (Å²) < 4.78 is 44.2. The predicted molar refractivity (Wildman–Crippen MR) is 118 cm³/mol. The van der Waals surface area contributed by atoms with Gasteiger partial charge in [-0.1, -0.05) is 11.6 Å². The Morgan fingerprint density at radius 3 is 2.77 bits per heavy atom. The minimum atomic E-state index is -3.89. The van der Waals surface area contributed by atoms with Crippen LogP contribution in [0.1, 0.15) is 17.3 Å². The molecule has 3 heterocycles. The second-order valence-corrected chi connectivity index (χ2v) is 10.4. The zero-order chi connectivity index (χ0) is 22.3. The molecule has 1 amide bonds. The van der Waals surface area contributed by atoms with Crippen molar-refractivity contribution in [2.45, 2.75) is 18.5 Å². The van der Waals surface area contributed by atoms with Crippen LogP contribution in [0, 0.1) is 5.82 Å². The molecule has 0 spiro atoms. The minimum Gasteiger partial charge on any atom is -0.333 e. The van der Waals surface area contributed by atoms with Crippen LogP contribution in [0.2, 0.25) is 5.02 Å². The molecule has 0 bridgehead atoms. The van der Waals surface area contributed by atoms with Gasteiger partial charge >= 0.3 is 0 Å². The number of nitrogens with one attached hydrogen (secondary N) is 2. The topological polar surface area (TPSA) is 96.3 Å². The number of nitrogens with zero attached hydrogens (tertiary/aromatic N) is 3. The van der Waals surface area contributed by atoms with E-state index in [2.05, 4.69) is 15.0 Å². The van der Waals surface area contributed by atoms with Gasteiger partial charge in [0, 0.05) is 24.7 Å².